The van der Waals surface area contributed by atoms with E-state index in [-0.39, 0.29) is 0 Å². The Morgan fingerprint density at radius 1 is 0.882 bits per heavy atom. The first-order valence-corrected chi connectivity index (χ1v) is 6.16. The minimum absolute atomic E-state index is 0.309. The molecule has 1 unspecified atom stereocenters. The Kier molecular flexibility index (Phi) is 3.52. The lowest BCUT2D eigenvalue weighted by Crippen LogP contribution is -2.16. The highest BCUT2D eigenvalue weighted by Crippen LogP contribution is 2.19. The Morgan fingerprint density at radius 3 is 1.94 bits per heavy atom. The molecule has 0 saturated heterocycles. The SMILES string of the molecule is CC(C)c1ccc(C(C)Nn2cccc2)cc1. The molecule has 0 amide bonds. The fourth-order valence-electron chi connectivity index (χ4n) is 1.89. The lowest BCUT2D eigenvalue weighted by atomic mass is 10.00. The minimum atomic E-state index is 0.309. The molecule has 1 atom stereocenters. The molecule has 0 saturated carbocycles. The molecule has 2 heteroatoms. The molecular weight excluding hydrogens is 208 g/mol. The van der Waals surface area contributed by atoms with Gasteiger partial charge in [0, 0.05) is 12.4 Å². The van der Waals surface area contributed by atoms with E-state index in [9.17, 15) is 0 Å². The maximum absolute atomic E-state index is 3.40. The molecule has 2 rings (SSSR count). The first-order valence-electron chi connectivity index (χ1n) is 6.16. The predicted octanol–water partition coefficient (Wildman–Crippen LogP) is 3.92. The van der Waals surface area contributed by atoms with E-state index in [0.29, 0.717) is 12.0 Å². The fourth-order valence-corrected chi connectivity index (χ4v) is 1.89. The highest BCUT2D eigenvalue weighted by Gasteiger charge is 2.05. The monoisotopic (exact) mass is 228 g/mol. The van der Waals surface area contributed by atoms with Crippen LogP contribution >= 0.6 is 0 Å². The van der Waals surface area contributed by atoms with Crippen LogP contribution in [0, 0.1) is 0 Å². The van der Waals surface area contributed by atoms with E-state index in [1.165, 1.54) is 11.1 Å². The number of nitrogens with zero attached hydrogens (tertiary/aromatic N) is 1. The summed E-state index contributed by atoms with van der Waals surface area (Å²) in [6.07, 6.45) is 4.03. The quantitative estimate of drug-likeness (QED) is 0.839. The average Bonchev–Trinajstić information content (AvgIpc) is 2.82. The average molecular weight is 228 g/mol. The van der Waals surface area contributed by atoms with E-state index in [4.69, 9.17) is 0 Å². The topological polar surface area (TPSA) is 17.0 Å². The zero-order valence-electron chi connectivity index (χ0n) is 10.7. The van der Waals surface area contributed by atoms with Crippen molar-refractivity contribution in [1.82, 2.24) is 4.68 Å². The number of benzene rings is 1. The molecule has 17 heavy (non-hydrogen) atoms. The summed E-state index contributed by atoms with van der Waals surface area (Å²) in [5, 5.41) is 0. The van der Waals surface area contributed by atoms with Gasteiger partial charge in [-0.15, -0.1) is 0 Å². The van der Waals surface area contributed by atoms with E-state index in [1.807, 2.05) is 29.2 Å². The number of aromatic nitrogens is 1. The summed E-state index contributed by atoms with van der Waals surface area (Å²) in [6.45, 7) is 6.61. The third-order valence-electron chi connectivity index (χ3n) is 3.05. The summed E-state index contributed by atoms with van der Waals surface area (Å²) in [6, 6.07) is 13.2. The van der Waals surface area contributed by atoms with Crippen LogP contribution in [0.4, 0.5) is 0 Å². The van der Waals surface area contributed by atoms with Crippen molar-refractivity contribution in [3.63, 3.8) is 0 Å². The van der Waals surface area contributed by atoms with Gasteiger partial charge in [-0.3, -0.25) is 4.68 Å². The number of rotatable bonds is 4. The smallest absolute Gasteiger partial charge is 0.0645 e. The maximum Gasteiger partial charge on any atom is 0.0645 e. The van der Waals surface area contributed by atoms with Gasteiger partial charge < -0.3 is 5.43 Å². The van der Waals surface area contributed by atoms with Crippen LogP contribution in [-0.4, -0.2) is 4.68 Å². The number of nitrogens with one attached hydrogen (secondary N) is 1. The third-order valence-corrected chi connectivity index (χ3v) is 3.05. The van der Waals surface area contributed by atoms with Gasteiger partial charge in [-0.2, -0.15) is 0 Å². The zero-order chi connectivity index (χ0) is 12.3. The summed E-state index contributed by atoms with van der Waals surface area (Å²) >= 11 is 0. The van der Waals surface area contributed by atoms with Gasteiger partial charge in [0.2, 0.25) is 0 Å². The molecule has 0 spiro atoms. The minimum Gasteiger partial charge on any atom is -0.319 e. The van der Waals surface area contributed by atoms with Crippen LogP contribution in [0.2, 0.25) is 0 Å². The largest absolute Gasteiger partial charge is 0.319 e. The summed E-state index contributed by atoms with van der Waals surface area (Å²) < 4.78 is 1.99. The summed E-state index contributed by atoms with van der Waals surface area (Å²) in [5.41, 5.74) is 6.10. The van der Waals surface area contributed by atoms with Gasteiger partial charge in [0.1, 0.15) is 0 Å². The molecule has 0 aliphatic heterocycles. The van der Waals surface area contributed by atoms with Gasteiger partial charge in [0.25, 0.3) is 0 Å². The second kappa shape index (κ2) is 5.09. The van der Waals surface area contributed by atoms with Crippen molar-refractivity contribution in [2.45, 2.75) is 32.7 Å². The molecule has 2 aromatic rings. The van der Waals surface area contributed by atoms with Crippen LogP contribution in [0.1, 0.15) is 43.9 Å². The molecule has 0 fully saturated rings. The molecule has 1 heterocycles. The molecule has 1 aromatic carbocycles. The Bertz CT molecular complexity index is 440. The fraction of sp³-hybridized carbons (Fsp3) is 0.333. The van der Waals surface area contributed by atoms with E-state index in [0.717, 1.165) is 0 Å². The van der Waals surface area contributed by atoms with Crippen molar-refractivity contribution in [3.05, 3.63) is 59.9 Å². The summed E-state index contributed by atoms with van der Waals surface area (Å²) in [4.78, 5) is 0. The van der Waals surface area contributed by atoms with Crippen molar-refractivity contribution in [2.75, 3.05) is 5.43 Å². The molecule has 0 radical (unpaired) electrons. The van der Waals surface area contributed by atoms with Gasteiger partial charge in [0.15, 0.2) is 0 Å². The van der Waals surface area contributed by atoms with Crippen molar-refractivity contribution in [2.24, 2.45) is 0 Å². The second-order valence-electron chi connectivity index (χ2n) is 4.76. The van der Waals surface area contributed by atoms with E-state index in [2.05, 4.69) is 50.5 Å². The van der Waals surface area contributed by atoms with Crippen LogP contribution in [-0.2, 0) is 0 Å². The van der Waals surface area contributed by atoms with Crippen molar-refractivity contribution in [3.8, 4) is 0 Å². The van der Waals surface area contributed by atoms with Crippen molar-refractivity contribution >= 4 is 0 Å². The van der Waals surface area contributed by atoms with Gasteiger partial charge >= 0.3 is 0 Å². The first kappa shape index (κ1) is 11.8. The van der Waals surface area contributed by atoms with Crippen LogP contribution in [0.5, 0.6) is 0 Å². The number of hydrogen-bond acceptors (Lipinski definition) is 1. The van der Waals surface area contributed by atoms with E-state index in [1.54, 1.807) is 0 Å². The highest BCUT2D eigenvalue weighted by atomic mass is 15.4. The van der Waals surface area contributed by atoms with E-state index >= 15 is 0 Å². The Labute approximate surface area is 103 Å². The second-order valence-corrected chi connectivity index (χ2v) is 4.76. The molecule has 0 bridgehead atoms. The molecule has 2 nitrogen and oxygen atoms in total. The van der Waals surface area contributed by atoms with Crippen LogP contribution < -0.4 is 5.43 Å². The van der Waals surface area contributed by atoms with Crippen LogP contribution in [0.15, 0.2) is 48.8 Å². The van der Waals surface area contributed by atoms with Gasteiger partial charge in [-0.1, -0.05) is 38.1 Å². The molecule has 0 aliphatic carbocycles. The molecule has 1 aromatic heterocycles. The molecule has 1 N–H and O–H groups in total. The van der Waals surface area contributed by atoms with E-state index < -0.39 is 0 Å². The molecule has 0 aliphatic rings. The predicted molar refractivity (Wildman–Crippen MR) is 72.7 cm³/mol. The van der Waals surface area contributed by atoms with Crippen molar-refractivity contribution < 1.29 is 0 Å². The summed E-state index contributed by atoms with van der Waals surface area (Å²) in [5.74, 6) is 0.594. The van der Waals surface area contributed by atoms with Crippen LogP contribution in [0.3, 0.4) is 0 Å². The van der Waals surface area contributed by atoms with Gasteiger partial charge in [-0.25, -0.2) is 0 Å². The lowest BCUT2D eigenvalue weighted by Gasteiger charge is -2.17. The lowest BCUT2D eigenvalue weighted by molar-refractivity contribution is 0.727. The van der Waals surface area contributed by atoms with Crippen molar-refractivity contribution in [1.29, 1.82) is 0 Å². The normalized spacial score (nSPS) is 12.7. The Balaban J connectivity index is 2.06. The first-order chi connectivity index (χ1) is 8.16. The third kappa shape index (κ3) is 2.90. The number of hydrogen-bond donors (Lipinski definition) is 1. The Morgan fingerprint density at radius 2 is 1.41 bits per heavy atom. The maximum atomic E-state index is 3.40. The standard InChI is InChI=1S/C15H20N2/c1-12(2)14-6-8-15(9-7-14)13(3)16-17-10-4-5-11-17/h4-13,16H,1-3H3. The zero-order valence-corrected chi connectivity index (χ0v) is 10.7. The van der Waals surface area contributed by atoms with Gasteiger partial charge in [-0.05, 0) is 36.1 Å². The highest BCUT2D eigenvalue weighted by molar-refractivity contribution is 5.27. The van der Waals surface area contributed by atoms with Gasteiger partial charge in [0.05, 0.1) is 6.04 Å². The summed E-state index contributed by atoms with van der Waals surface area (Å²) in [7, 11) is 0. The molecular formula is C15H20N2. The Hall–Kier alpha value is -1.70. The van der Waals surface area contributed by atoms with Crippen LogP contribution in [0.25, 0.3) is 0 Å². The molecule has 90 valence electrons.